The topological polar surface area (TPSA) is 29.5 Å². The van der Waals surface area contributed by atoms with Gasteiger partial charge in [0, 0.05) is 24.7 Å². The molecule has 2 rings (SSSR count). The van der Waals surface area contributed by atoms with Crippen LogP contribution in [0.2, 0.25) is 0 Å². The Hall–Kier alpha value is -1.29. The van der Waals surface area contributed by atoms with Gasteiger partial charge in [0.2, 0.25) is 0 Å². The summed E-state index contributed by atoms with van der Waals surface area (Å²) in [5.41, 5.74) is 0.754. The number of hydrogen-bond donors (Lipinski definition) is 0. The number of carbonyl (C=O) groups excluding carboxylic acids is 1. The molecule has 1 aromatic rings. The van der Waals surface area contributed by atoms with Crippen LogP contribution >= 0.6 is 0 Å². The van der Waals surface area contributed by atoms with E-state index in [1.54, 1.807) is 0 Å². The molecule has 3 nitrogen and oxygen atoms in total. The Balaban J connectivity index is 2.10. The van der Waals surface area contributed by atoms with E-state index in [0.717, 1.165) is 5.56 Å². The average Bonchev–Trinajstić information content (AvgIpc) is 2.28. The van der Waals surface area contributed by atoms with Gasteiger partial charge < -0.3 is 9.64 Å². The molecule has 16 heavy (non-hydrogen) atoms. The molecule has 4 heteroatoms. The number of rotatable bonds is 1. The highest BCUT2D eigenvalue weighted by atomic mass is 16.5. The van der Waals surface area contributed by atoms with Crippen molar-refractivity contribution in [3.63, 3.8) is 0 Å². The molecule has 0 aromatic heterocycles. The maximum atomic E-state index is 12.2. The molecule has 2 atom stereocenters. The lowest BCUT2D eigenvalue weighted by Crippen LogP contribution is -2.49. The molecule has 0 saturated carbocycles. The summed E-state index contributed by atoms with van der Waals surface area (Å²) in [6.45, 7) is 3.36. The first-order valence-electron chi connectivity index (χ1n) is 5.66. The Morgan fingerprint density at radius 1 is 1.38 bits per heavy atom. The normalized spacial score (nSPS) is 25.4. The first-order valence-corrected chi connectivity index (χ1v) is 5.66. The first kappa shape index (κ1) is 11.2. The van der Waals surface area contributed by atoms with Gasteiger partial charge in [0.05, 0.1) is 6.10 Å². The standard InChI is InChI=1S/C12H16BNO2/c1-9-7-14(8-11(13)16-9)12(15)10-5-3-2-4-6-10/h2-6,9,11H,7-8,13H2,1H3. The van der Waals surface area contributed by atoms with Crippen molar-refractivity contribution in [1.29, 1.82) is 0 Å². The van der Waals surface area contributed by atoms with Gasteiger partial charge in [-0.25, -0.2) is 0 Å². The van der Waals surface area contributed by atoms with E-state index in [9.17, 15) is 4.79 Å². The summed E-state index contributed by atoms with van der Waals surface area (Å²) < 4.78 is 5.61. The molecule has 1 heterocycles. The fourth-order valence-corrected chi connectivity index (χ4v) is 2.11. The maximum Gasteiger partial charge on any atom is 0.254 e. The van der Waals surface area contributed by atoms with Gasteiger partial charge in [0.25, 0.3) is 5.91 Å². The predicted molar refractivity (Wildman–Crippen MR) is 65.2 cm³/mol. The zero-order chi connectivity index (χ0) is 11.5. The Labute approximate surface area is 96.8 Å². The number of nitrogens with zero attached hydrogens (tertiary/aromatic N) is 1. The highest BCUT2D eigenvalue weighted by molar-refractivity contribution is 6.11. The van der Waals surface area contributed by atoms with Crippen molar-refractivity contribution in [2.75, 3.05) is 13.1 Å². The fraction of sp³-hybridized carbons (Fsp3) is 0.417. The summed E-state index contributed by atoms with van der Waals surface area (Å²) in [4.78, 5) is 14.0. The zero-order valence-corrected chi connectivity index (χ0v) is 9.72. The van der Waals surface area contributed by atoms with Crippen molar-refractivity contribution >= 4 is 13.8 Å². The van der Waals surface area contributed by atoms with E-state index in [1.165, 1.54) is 0 Å². The summed E-state index contributed by atoms with van der Waals surface area (Å²) in [6.07, 6.45) is 0.122. The second-order valence-corrected chi connectivity index (χ2v) is 4.33. The molecule has 1 aromatic carbocycles. The lowest BCUT2D eigenvalue weighted by atomic mass is 9.97. The zero-order valence-electron chi connectivity index (χ0n) is 9.72. The van der Waals surface area contributed by atoms with Crippen LogP contribution in [0, 0.1) is 0 Å². The third-order valence-electron chi connectivity index (χ3n) is 2.73. The van der Waals surface area contributed by atoms with Crippen LogP contribution in [0.3, 0.4) is 0 Å². The molecule has 1 aliphatic rings. The number of ether oxygens (including phenoxy) is 1. The largest absolute Gasteiger partial charge is 0.381 e. The molecular weight excluding hydrogens is 201 g/mol. The van der Waals surface area contributed by atoms with E-state index in [2.05, 4.69) is 0 Å². The van der Waals surface area contributed by atoms with Gasteiger partial charge in [-0.05, 0) is 19.1 Å². The summed E-state index contributed by atoms with van der Waals surface area (Å²) in [5, 5.41) is 0. The highest BCUT2D eigenvalue weighted by Gasteiger charge is 2.26. The number of benzene rings is 1. The van der Waals surface area contributed by atoms with Crippen LogP contribution in [0.1, 0.15) is 17.3 Å². The van der Waals surface area contributed by atoms with Gasteiger partial charge in [-0.15, -0.1) is 0 Å². The summed E-state index contributed by atoms with van der Waals surface area (Å²) >= 11 is 0. The number of amides is 1. The lowest BCUT2D eigenvalue weighted by Gasteiger charge is -2.35. The minimum atomic E-state index is 0.0996. The number of morpholine rings is 1. The minimum absolute atomic E-state index is 0.0996. The van der Waals surface area contributed by atoms with Crippen molar-refractivity contribution < 1.29 is 9.53 Å². The van der Waals surface area contributed by atoms with Crippen molar-refractivity contribution in [3.8, 4) is 0 Å². The Kier molecular flexibility index (Phi) is 3.29. The smallest absolute Gasteiger partial charge is 0.254 e. The van der Waals surface area contributed by atoms with E-state index in [-0.39, 0.29) is 18.0 Å². The number of hydrogen-bond acceptors (Lipinski definition) is 2. The molecule has 1 fully saturated rings. The monoisotopic (exact) mass is 217 g/mol. The van der Waals surface area contributed by atoms with Crippen LogP contribution in [0.4, 0.5) is 0 Å². The number of carbonyl (C=O) groups is 1. The fourth-order valence-electron chi connectivity index (χ4n) is 2.11. The van der Waals surface area contributed by atoms with Crippen molar-refractivity contribution in [2.24, 2.45) is 0 Å². The molecule has 0 spiro atoms. The van der Waals surface area contributed by atoms with Gasteiger partial charge in [-0.3, -0.25) is 4.79 Å². The second-order valence-electron chi connectivity index (χ2n) is 4.33. The molecule has 0 bridgehead atoms. The lowest BCUT2D eigenvalue weighted by molar-refractivity contribution is -0.0319. The van der Waals surface area contributed by atoms with E-state index in [4.69, 9.17) is 4.74 Å². The molecule has 2 unspecified atom stereocenters. The SMILES string of the molecule is BC1CN(C(=O)c2ccccc2)CC(C)O1. The van der Waals surface area contributed by atoms with Crippen LogP contribution < -0.4 is 0 Å². The predicted octanol–water partition coefficient (Wildman–Crippen LogP) is 0.507. The quantitative estimate of drug-likeness (QED) is 0.641. The van der Waals surface area contributed by atoms with E-state index in [0.29, 0.717) is 13.1 Å². The molecule has 1 saturated heterocycles. The molecule has 1 aliphatic heterocycles. The molecule has 0 radical (unpaired) electrons. The molecule has 0 aliphatic carbocycles. The van der Waals surface area contributed by atoms with Gasteiger partial charge in [-0.2, -0.15) is 0 Å². The summed E-state index contributed by atoms with van der Waals surface area (Å²) in [7, 11) is 2.00. The Bertz CT molecular complexity index is 359. The van der Waals surface area contributed by atoms with E-state index < -0.39 is 0 Å². The average molecular weight is 217 g/mol. The van der Waals surface area contributed by atoms with E-state index >= 15 is 0 Å². The van der Waals surface area contributed by atoms with Gasteiger partial charge >= 0.3 is 0 Å². The molecule has 1 amide bonds. The Morgan fingerprint density at radius 2 is 2.06 bits per heavy atom. The van der Waals surface area contributed by atoms with Crippen LogP contribution in [0.25, 0.3) is 0 Å². The molecular formula is C12H16BNO2. The van der Waals surface area contributed by atoms with Crippen LogP contribution in [-0.4, -0.2) is 43.9 Å². The van der Waals surface area contributed by atoms with Crippen LogP contribution in [0.15, 0.2) is 30.3 Å². The van der Waals surface area contributed by atoms with Gasteiger partial charge in [0.1, 0.15) is 7.85 Å². The second kappa shape index (κ2) is 4.70. The third-order valence-corrected chi connectivity index (χ3v) is 2.73. The minimum Gasteiger partial charge on any atom is -0.381 e. The summed E-state index contributed by atoms with van der Waals surface area (Å²) in [6, 6.07) is 9.53. The molecule has 84 valence electrons. The Morgan fingerprint density at radius 3 is 2.69 bits per heavy atom. The van der Waals surface area contributed by atoms with Crippen molar-refractivity contribution in [3.05, 3.63) is 35.9 Å². The molecule has 0 N–H and O–H groups in total. The van der Waals surface area contributed by atoms with Crippen molar-refractivity contribution in [1.82, 2.24) is 4.90 Å². The van der Waals surface area contributed by atoms with E-state index in [1.807, 2.05) is 50.0 Å². The van der Waals surface area contributed by atoms with Gasteiger partial charge in [-0.1, -0.05) is 18.2 Å². The third kappa shape index (κ3) is 2.45. The van der Waals surface area contributed by atoms with Gasteiger partial charge in [0.15, 0.2) is 0 Å². The van der Waals surface area contributed by atoms with Crippen LogP contribution in [-0.2, 0) is 4.74 Å². The van der Waals surface area contributed by atoms with Crippen LogP contribution in [0.5, 0.6) is 0 Å². The maximum absolute atomic E-state index is 12.2. The van der Waals surface area contributed by atoms with Crippen molar-refractivity contribution in [2.45, 2.75) is 19.0 Å². The first-order chi connectivity index (χ1) is 7.66. The summed E-state index contributed by atoms with van der Waals surface area (Å²) in [5.74, 6) is 0.0996. The highest BCUT2D eigenvalue weighted by Crippen LogP contribution is 2.12.